The van der Waals surface area contributed by atoms with Crippen molar-refractivity contribution >= 4 is 50.5 Å². The van der Waals surface area contributed by atoms with Crippen molar-refractivity contribution in [2.24, 2.45) is 0 Å². The first-order valence-corrected chi connectivity index (χ1v) is 11.7. The van der Waals surface area contributed by atoms with Crippen molar-refractivity contribution in [2.75, 3.05) is 16.2 Å². The third-order valence-corrected chi connectivity index (χ3v) is 7.35. The number of rotatable bonds is 6. The van der Waals surface area contributed by atoms with Crippen molar-refractivity contribution in [3.63, 3.8) is 0 Å². The Morgan fingerprint density at radius 3 is 2.26 bits per heavy atom. The van der Waals surface area contributed by atoms with E-state index >= 15 is 0 Å². The van der Waals surface area contributed by atoms with E-state index < -0.39 is 22.5 Å². The Labute approximate surface area is 192 Å². The lowest BCUT2D eigenvalue weighted by molar-refractivity contribution is -0.114. The molecule has 0 aliphatic carbocycles. The van der Waals surface area contributed by atoms with Crippen LogP contribution in [-0.4, -0.2) is 20.9 Å². The second-order valence-electron chi connectivity index (χ2n) is 7.26. The van der Waals surface area contributed by atoms with Crippen LogP contribution in [0.25, 0.3) is 0 Å². The van der Waals surface area contributed by atoms with Gasteiger partial charge in [-0.3, -0.25) is 9.10 Å². The van der Waals surface area contributed by atoms with Gasteiger partial charge in [0.15, 0.2) is 0 Å². The summed E-state index contributed by atoms with van der Waals surface area (Å²) in [6.07, 6.45) is 0. The maximum atomic E-state index is 13.5. The van der Waals surface area contributed by atoms with Crippen LogP contribution in [0.5, 0.6) is 0 Å². The Morgan fingerprint density at radius 1 is 0.935 bits per heavy atom. The van der Waals surface area contributed by atoms with Crippen LogP contribution in [0.15, 0.2) is 65.6 Å². The molecule has 0 fully saturated rings. The fraction of sp³-hybridized carbons (Fsp3) is 0.174. The molecule has 0 saturated carbocycles. The van der Waals surface area contributed by atoms with Crippen LogP contribution in [0, 0.1) is 20.8 Å². The molecule has 0 atom stereocenters. The summed E-state index contributed by atoms with van der Waals surface area (Å²) in [6, 6.07) is 16.8. The average molecular weight is 477 g/mol. The predicted octanol–water partition coefficient (Wildman–Crippen LogP) is 5.75. The molecule has 0 aliphatic heterocycles. The first-order chi connectivity index (χ1) is 14.6. The summed E-state index contributed by atoms with van der Waals surface area (Å²) in [5.41, 5.74) is 3.30. The van der Waals surface area contributed by atoms with Gasteiger partial charge in [-0.05, 0) is 62.2 Å². The van der Waals surface area contributed by atoms with Gasteiger partial charge in [0.1, 0.15) is 6.54 Å². The third kappa shape index (κ3) is 5.21. The van der Waals surface area contributed by atoms with E-state index in [9.17, 15) is 13.2 Å². The molecule has 0 aromatic heterocycles. The molecule has 0 unspecified atom stereocenters. The summed E-state index contributed by atoms with van der Waals surface area (Å²) in [4.78, 5) is 13.0. The van der Waals surface area contributed by atoms with E-state index in [4.69, 9.17) is 23.2 Å². The molecule has 1 N–H and O–H groups in total. The van der Waals surface area contributed by atoms with Gasteiger partial charge in [0, 0.05) is 0 Å². The van der Waals surface area contributed by atoms with Gasteiger partial charge in [-0.1, -0.05) is 59.1 Å². The topological polar surface area (TPSA) is 66.5 Å². The van der Waals surface area contributed by atoms with Crippen LogP contribution in [0.1, 0.15) is 16.7 Å². The molecule has 0 spiro atoms. The average Bonchev–Trinajstić information content (AvgIpc) is 2.72. The molecule has 0 aliphatic rings. The minimum absolute atomic E-state index is 0.104. The number of nitrogens with one attached hydrogen (secondary N) is 1. The van der Waals surface area contributed by atoms with E-state index in [0.717, 1.165) is 21.0 Å². The quantitative estimate of drug-likeness (QED) is 0.492. The van der Waals surface area contributed by atoms with E-state index in [1.807, 2.05) is 26.0 Å². The number of halogens is 2. The van der Waals surface area contributed by atoms with Gasteiger partial charge in [-0.15, -0.1) is 0 Å². The molecule has 3 aromatic carbocycles. The fourth-order valence-electron chi connectivity index (χ4n) is 3.05. The molecule has 3 rings (SSSR count). The number of nitrogens with zero attached hydrogens (tertiary/aromatic N) is 1. The van der Waals surface area contributed by atoms with Gasteiger partial charge in [0.05, 0.1) is 26.3 Å². The maximum absolute atomic E-state index is 13.5. The lowest BCUT2D eigenvalue weighted by atomic mass is 10.1. The van der Waals surface area contributed by atoms with E-state index in [1.165, 1.54) is 12.1 Å². The first-order valence-electron chi connectivity index (χ1n) is 9.50. The molecule has 8 heteroatoms. The molecular formula is C23H22Cl2N2O3S. The second-order valence-corrected chi connectivity index (χ2v) is 9.91. The first kappa shape index (κ1) is 23.1. The van der Waals surface area contributed by atoms with Crippen molar-refractivity contribution < 1.29 is 13.2 Å². The van der Waals surface area contributed by atoms with E-state index in [2.05, 4.69) is 5.32 Å². The molecule has 0 radical (unpaired) electrons. The molecule has 0 heterocycles. The summed E-state index contributed by atoms with van der Waals surface area (Å²) >= 11 is 12.2. The zero-order valence-corrected chi connectivity index (χ0v) is 19.6. The predicted molar refractivity (Wildman–Crippen MR) is 127 cm³/mol. The van der Waals surface area contributed by atoms with Gasteiger partial charge >= 0.3 is 0 Å². The SMILES string of the molecule is Cc1ccc(S(=O)(=O)N(CC(=O)Nc2cccc(Cl)c2Cl)c2cc(C)ccc2C)cc1. The largest absolute Gasteiger partial charge is 0.323 e. The molecule has 162 valence electrons. The van der Waals surface area contributed by atoms with Gasteiger partial charge in [-0.25, -0.2) is 8.42 Å². The van der Waals surface area contributed by atoms with Crippen LogP contribution in [-0.2, 0) is 14.8 Å². The lowest BCUT2D eigenvalue weighted by Gasteiger charge is -2.26. The number of hydrogen-bond donors (Lipinski definition) is 1. The Morgan fingerprint density at radius 2 is 1.58 bits per heavy atom. The normalized spacial score (nSPS) is 11.3. The Bertz CT molecular complexity index is 1230. The number of benzene rings is 3. The molecule has 3 aromatic rings. The van der Waals surface area contributed by atoms with Crippen LogP contribution < -0.4 is 9.62 Å². The van der Waals surface area contributed by atoms with Crippen molar-refractivity contribution in [2.45, 2.75) is 25.7 Å². The number of carbonyl (C=O) groups is 1. The van der Waals surface area contributed by atoms with Crippen molar-refractivity contribution in [3.05, 3.63) is 87.4 Å². The molecule has 31 heavy (non-hydrogen) atoms. The Hall–Kier alpha value is -2.54. The van der Waals surface area contributed by atoms with Gasteiger partial charge in [0.25, 0.3) is 10.0 Å². The summed E-state index contributed by atoms with van der Waals surface area (Å²) in [5, 5.41) is 3.14. The maximum Gasteiger partial charge on any atom is 0.264 e. The number of anilines is 2. The minimum atomic E-state index is -4.00. The summed E-state index contributed by atoms with van der Waals surface area (Å²) < 4.78 is 28.1. The third-order valence-electron chi connectivity index (χ3n) is 4.76. The van der Waals surface area contributed by atoms with E-state index in [0.29, 0.717) is 11.4 Å². The highest BCUT2D eigenvalue weighted by molar-refractivity contribution is 7.92. The van der Waals surface area contributed by atoms with Crippen LogP contribution >= 0.6 is 23.2 Å². The lowest BCUT2D eigenvalue weighted by Crippen LogP contribution is -2.38. The van der Waals surface area contributed by atoms with Crippen LogP contribution in [0.4, 0.5) is 11.4 Å². The molecule has 1 amide bonds. The van der Waals surface area contributed by atoms with Crippen LogP contribution in [0.2, 0.25) is 10.0 Å². The van der Waals surface area contributed by atoms with E-state index in [-0.39, 0.29) is 14.9 Å². The van der Waals surface area contributed by atoms with Crippen molar-refractivity contribution in [3.8, 4) is 0 Å². The number of hydrogen-bond acceptors (Lipinski definition) is 3. The van der Waals surface area contributed by atoms with Crippen molar-refractivity contribution in [1.29, 1.82) is 0 Å². The highest BCUT2D eigenvalue weighted by Gasteiger charge is 2.28. The number of carbonyl (C=O) groups excluding carboxylic acids is 1. The van der Waals surface area contributed by atoms with Crippen molar-refractivity contribution in [1.82, 2.24) is 0 Å². The molecule has 0 bridgehead atoms. The van der Waals surface area contributed by atoms with E-state index in [1.54, 1.807) is 43.3 Å². The standard InChI is InChI=1S/C23H22Cl2N2O3S/c1-15-8-11-18(12-9-15)31(29,30)27(21-13-16(2)7-10-17(21)3)14-22(28)26-20-6-4-5-19(24)23(20)25/h4-13H,14H2,1-3H3,(H,26,28). The van der Waals surface area contributed by atoms with Gasteiger partial charge in [-0.2, -0.15) is 0 Å². The molecule has 5 nitrogen and oxygen atoms in total. The Balaban J connectivity index is 2.02. The summed E-state index contributed by atoms with van der Waals surface area (Å²) in [5.74, 6) is -0.541. The number of aryl methyl sites for hydroxylation is 3. The number of sulfonamides is 1. The molecule has 0 saturated heterocycles. The Kier molecular flexibility index (Phi) is 6.94. The summed E-state index contributed by atoms with van der Waals surface area (Å²) in [6.45, 7) is 5.12. The highest BCUT2D eigenvalue weighted by Crippen LogP contribution is 2.31. The molecular weight excluding hydrogens is 455 g/mol. The zero-order chi connectivity index (χ0) is 22.8. The fourth-order valence-corrected chi connectivity index (χ4v) is 4.87. The minimum Gasteiger partial charge on any atom is -0.323 e. The number of amides is 1. The highest BCUT2D eigenvalue weighted by atomic mass is 35.5. The van der Waals surface area contributed by atoms with Gasteiger partial charge in [0.2, 0.25) is 5.91 Å². The second kappa shape index (κ2) is 9.30. The zero-order valence-electron chi connectivity index (χ0n) is 17.3. The smallest absolute Gasteiger partial charge is 0.264 e. The van der Waals surface area contributed by atoms with Crippen LogP contribution in [0.3, 0.4) is 0 Å². The monoisotopic (exact) mass is 476 g/mol. The van der Waals surface area contributed by atoms with Gasteiger partial charge < -0.3 is 5.32 Å². The summed E-state index contributed by atoms with van der Waals surface area (Å²) in [7, 11) is -4.00.